The standard InChI is InChI=1S/C24H29NOS/c1-4-5-6-7-8-9-11-18-12-10-13-19(14-18)21-16-25(2)17-22(24(21)27)20-15-23(20)26-3/h10,12-14,16-17,20,23H,4-5,8-9,11,15H2,1-3H3. The van der Waals surface area contributed by atoms with Gasteiger partial charge in [0.25, 0.3) is 0 Å². The van der Waals surface area contributed by atoms with E-state index in [1.807, 2.05) is 0 Å². The number of benzene rings is 1. The first-order chi connectivity index (χ1) is 13.1. The van der Waals surface area contributed by atoms with Crippen LogP contribution in [0.3, 0.4) is 0 Å². The number of ether oxygens (including phenoxy) is 1. The van der Waals surface area contributed by atoms with Crippen LogP contribution in [0.5, 0.6) is 0 Å². The Morgan fingerprint density at radius 1 is 1.22 bits per heavy atom. The van der Waals surface area contributed by atoms with E-state index in [-0.39, 0.29) is 0 Å². The molecule has 2 unspecified atom stereocenters. The molecule has 0 spiro atoms. The van der Waals surface area contributed by atoms with Crippen molar-refractivity contribution < 1.29 is 4.74 Å². The molecular weight excluding hydrogens is 350 g/mol. The molecule has 1 saturated carbocycles. The summed E-state index contributed by atoms with van der Waals surface area (Å²) in [4.78, 5) is 0. The van der Waals surface area contributed by atoms with Gasteiger partial charge in [-0.3, -0.25) is 0 Å². The summed E-state index contributed by atoms with van der Waals surface area (Å²) >= 11 is 5.85. The van der Waals surface area contributed by atoms with Crippen LogP contribution in [-0.2, 0) is 18.2 Å². The number of methoxy groups -OCH3 is 1. The molecule has 3 rings (SSSR count). The Balaban J connectivity index is 1.77. The normalized spacial score (nSPS) is 18.0. The van der Waals surface area contributed by atoms with Gasteiger partial charge in [-0.2, -0.15) is 0 Å². The molecule has 1 aromatic carbocycles. The summed E-state index contributed by atoms with van der Waals surface area (Å²) in [5.41, 5.74) is 4.96. The molecule has 0 amide bonds. The van der Waals surface area contributed by atoms with E-state index in [1.54, 1.807) is 7.11 Å². The second-order valence-corrected chi connectivity index (χ2v) is 7.80. The van der Waals surface area contributed by atoms with E-state index in [1.165, 1.54) is 16.7 Å². The van der Waals surface area contributed by atoms with Crippen LogP contribution in [0.25, 0.3) is 11.1 Å². The first kappa shape index (κ1) is 19.9. The summed E-state index contributed by atoms with van der Waals surface area (Å²) in [6.07, 6.45) is 11.0. The molecular formula is C24H29NOS. The maximum Gasteiger partial charge on any atom is 0.0648 e. The van der Waals surface area contributed by atoms with Crippen LogP contribution < -0.4 is 0 Å². The predicted octanol–water partition coefficient (Wildman–Crippen LogP) is 6.05. The van der Waals surface area contributed by atoms with Crippen molar-refractivity contribution in [2.24, 2.45) is 7.05 Å². The molecule has 142 valence electrons. The van der Waals surface area contributed by atoms with Crippen LogP contribution in [0.1, 0.15) is 56.1 Å². The SMILES string of the molecule is CCCC#CCCCc1cccc(-c2cn(C)cc(C3CC3OC)c2=S)c1. The number of nitrogens with zero attached hydrogens (tertiary/aromatic N) is 1. The molecule has 1 fully saturated rings. The van der Waals surface area contributed by atoms with Gasteiger partial charge >= 0.3 is 0 Å². The lowest BCUT2D eigenvalue weighted by Gasteiger charge is -2.11. The zero-order valence-corrected chi connectivity index (χ0v) is 17.4. The van der Waals surface area contributed by atoms with Gasteiger partial charge in [-0.15, -0.1) is 11.8 Å². The molecule has 3 heteroatoms. The summed E-state index contributed by atoms with van der Waals surface area (Å²) in [5, 5.41) is 0. The third-order valence-corrected chi connectivity index (χ3v) is 5.58. The van der Waals surface area contributed by atoms with Crippen molar-refractivity contribution >= 4 is 12.2 Å². The first-order valence-corrected chi connectivity index (χ1v) is 10.3. The van der Waals surface area contributed by atoms with Gasteiger partial charge in [-0.25, -0.2) is 0 Å². The van der Waals surface area contributed by atoms with Crippen LogP contribution in [0.4, 0.5) is 0 Å². The van der Waals surface area contributed by atoms with E-state index in [2.05, 4.69) is 67.0 Å². The monoisotopic (exact) mass is 379 g/mol. The van der Waals surface area contributed by atoms with E-state index in [9.17, 15) is 0 Å². The summed E-state index contributed by atoms with van der Waals surface area (Å²) in [6, 6.07) is 8.80. The molecule has 1 aliphatic carbocycles. The number of pyridine rings is 1. The first-order valence-electron chi connectivity index (χ1n) is 9.92. The minimum atomic E-state index is 0.321. The Kier molecular flexibility index (Phi) is 6.88. The molecule has 0 bridgehead atoms. The highest BCUT2D eigenvalue weighted by molar-refractivity contribution is 7.71. The van der Waals surface area contributed by atoms with Gasteiger partial charge in [0.15, 0.2) is 0 Å². The van der Waals surface area contributed by atoms with Crippen LogP contribution in [-0.4, -0.2) is 17.8 Å². The minimum Gasteiger partial charge on any atom is -0.381 e. The Morgan fingerprint density at radius 2 is 2.04 bits per heavy atom. The Morgan fingerprint density at radius 3 is 2.78 bits per heavy atom. The van der Waals surface area contributed by atoms with Gasteiger partial charge in [0.2, 0.25) is 0 Å². The van der Waals surface area contributed by atoms with E-state index in [4.69, 9.17) is 17.0 Å². The fourth-order valence-corrected chi connectivity index (χ4v) is 3.91. The summed E-state index contributed by atoms with van der Waals surface area (Å²) in [6.45, 7) is 2.17. The van der Waals surface area contributed by atoms with Gasteiger partial charge in [-0.05, 0) is 42.4 Å². The molecule has 1 heterocycles. The average molecular weight is 380 g/mol. The lowest BCUT2D eigenvalue weighted by atomic mass is 9.99. The molecule has 0 aliphatic heterocycles. The Bertz CT molecular complexity index is 903. The van der Waals surface area contributed by atoms with E-state index >= 15 is 0 Å². The molecule has 1 aliphatic rings. The van der Waals surface area contributed by atoms with Crippen molar-refractivity contribution in [2.75, 3.05) is 7.11 Å². The molecule has 2 aromatic rings. The van der Waals surface area contributed by atoms with Crippen molar-refractivity contribution in [2.45, 2.75) is 57.5 Å². The largest absolute Gasteiger partial charge is 0.381 e. The number of hydrogen-bond donors (Lipinski definition) is 0. The molecule has 1 aromatic heterocycles. The van der Waals surface area contributed by atoms with Crippen LogP contribution in [0.2, 0.25) is 0 Å². The fraction of sp³-hybridized carbons (Fsp3) is 0.458. The predicted molar refractivity (Wildman–Crippen MR) is 115 cm³/mol. The minimum absolute atomic E-state index is 0.321. The van der Waals surface area contributed by atoms with Gasteiger partial charge in [-0.1, -0.05) is 43.4 Å². The topological polar surface area (TPSA) is 14.2 Å². The summed E-state index contributed by atoms with van der Waals surface area (Å²) in [7, 11) is 3.86. The number of unbranched alkanes of at least 4 members (excludes halogenated alkanes) is 2. The van der Waals surface area contributed by atoms with Crippen LogP contribution in [0, 0.1) is 16.4 Å². The van der Waals surface area contributed by atoms with Gasteiger partial charge in [0.1, 0.15) is 0 Å². The van der Waals surface area contributed by atoms with Crippen molar-refractivity contribution in [3.63, 3.8) is 0 Å². The third kappa shape index (κ3) is 5.09. The van der Waals surface area contributed by atoms with Crippen molar-refractivity contribution in [3.05, 3.63) is 52.3 Å². The molecule has 0 N–H and O–H groups in total. The smallest absolute Gasteiger partial charge is 0.0648 e. The molecule has 27 heavy (non-hydrogen) atoms. The molecule has 0 saturated heterocycles. The summed E-state index contributed by atoms with van der Waals surface area (Å²) in [5.74, 6) is 6.94. The quantitative estimate of drug-likeness (QED) is 0.330. The number of rotatable bonds is 7. The van der Waals surface area contributed by atoms with Gasteiger partial charge in [0, 0.05) is 50.9 Å². The maximum absolute atomic E-state index is 5.85. The lowest BCUT2D eigenvalue weighted by molar-refractivity contribution is 0.178. The molecule has 0 radical (unpaired) electrons. The second kappa shape index (κ2) is 9.35. The highest BCUT2D eigenvalue weighted by Gasteiger charge is 2.39. The Labute approximate surface area is 168 Å². The average Bonchev–Trinajstić information content (AvgIpc) is 3.46. The van der Waals surface area contributed by atoms with Crippen LogP contribution >= 0.6 is 12.2 Å². The molecule has 2 atom stereocenters. The van der Waals surface area contributed by atoms with E-state index in [0.29, 0.717) is 12.0 Å². The van der Waals surface area contributed by atoms with Gasteiger partial charge in [0.05, 0.1) is 10.6 Å². The zero-order valence-electron chi connectivity index (χ0n) is 16.6. The van der Waals surface area contributed by atoms with Crippen molar-refractivity contribution in [1.82, 2.24) is 4.57 Å². The highest BCUT2D eigenvalue weighted by Crippen LogP contribution is 2.44. The second-order valence-electron chi connectivity index (χ2n) is 7.40. The van der Waals surface area contributed by atoms with Crippen LogP contribution in [0.15, 0.2) is 36.7 Å². The lowest BCUT2D eigenvalue weighted by Crippen LogP contribution is -1.99. The van der Waals surface area contributed by atoms with Gasteiger partial charge < -0.3 is 9.30 Å². The Hall–Kier alpha value is -1.89. The van der Waals surface area contributed by atoms with Crippen molar-refractivity contribution in [3.8, 4) is 23.0 Å². The van der Waals surface area contributed by atoms with E-state index in [0.717, 1.165) is 48.6 Å². The highest BCUT2D eigenvalue weighted by atomic mass is 32.1. The number of hydrogen-bond acceptors (Lipinski definition) is 2. The zero-order chi connectivity index (χ0) is 19.2. The third-order valence-electron chi connectivity index (χ3n) is 5.12. The number of aromatic nitrogens is 1. The number of aryl methyl sites for hydroxylation is 2. The van der Waals surface area contributed by atoms with Crippen molar-refractivity contribution in [1.29, 1.82) is 0 Å². The van der Waals surface area contributed by atoms with E-state index < -0.39 is 0 Å². The maximum atomic E-state index is 5.85. The summed E-state index contributed by atoms with van der Waals surface area (Å²) < 4.78 is 8.60. The molecule has 2 nitrogen and oxygen atoms in total. The fourth-order valence-electron chi connectivity index (χ4n) is 3.54.